The van der Waals surface area contributed by atoms with E-state index < -0.39 is 6.09 Å². The maximum absolute atomic E-state index is 11.4. The predicted molar refractivity (Wildman–Crippen MR) is 80.9 cm³/mol. The summed E-state index contributed by atoms with van der Waals surface area (Å²) in [4.78, 5) is 13.7. The molecule has 0 radical (unpaired) electrons. The first kappa shape index (κ1) is 12.9. The Kier molecular flexibility index (Phi) is 3.52. The molecule has 1 aliphatic heterocycles. The lowest BCUT2D eigenvalue weighted by molar-refractivity contribution is 0.168. The van der Waals surface area contributed by atoms with Crippen LogP contribution in [0.2, 0.25) is 0 Å². The molecule has 20 heavy (non-hydrogen) atoms. The molecule has 0 saturated carbocycles. The second-order valence-corrected chi connectivity index (χ2v) is 5.36. The Balaban J connectivity index is 1.83. The molecule has 102 valence electrons. The lowest BCUT2D eigenvalue weighted by Gasteiger charge is -2.21. The summed E-state index contributed by atoms with van der Waals surface area (Å²) in [5, 5.41) is 6.10. The summed E-state index contributed by atoms with van der Waals surface area (Å²) in [7, 11) is 0. The molecule has 0 spiro atoms. The number of para-hydroxylation sites is 1. The molecule has 4 nitrogen and oxygen atoms in total. The van der Waals surface area contributed by atoms with E-state index in [0.717, 1.165) is 22.0 Å². The number of benzene rings is 2. The molecule has 0 saturated heterocycles. The fourth-order valence-corrected chi connectivity index (χ4v) is 3.02. The molecule has 2 aromatic rings. The van der Waals surface area contributed by atoms with E-state index in [1.165, 1.54) is 4.90 Å². The highest BCUT2D eigenvalue weighted by Gasteiger charge is 2.15. The average Bonchev–Trinajstić information content (AvgIpc) is 2.45. The van der Waals surface area contributed by atoms with Gasteiger partial charge >= 0.3 is 6.09 Å². The van der Waals surface area contributed by atoms with Crippen LogP contribution in [0.25, 0.3) is 0 Å². The van der Waals surface area contributed by atoms with Crippen LogP contribution in [0.3, 0.4) is 0 Å². The van der Waals surface area contributed by atoms with E-state index >= 15 is 0 Å². The molecule has 0 bridgehead atoms. The minimum atomic E-state index is -0.429. The van der Waals surface area contributed by atoms with Crippen molar-refractivity contribution >= 4 is 34.9 Å². The fourth-order valence-electron chi connectivity index (χ4n) is 2.00. The van der Waals surface area contributed by atoms with Crippen molar-refractivity contribution in [3.8, 4) is 0 Å². The number of ether oxygens (including phenoxy) is 1. The zero-order chi connectivity index (χ0) is 13.9. The monoisotopic (exact) mass is 286 g/mol. The molecule has 0 aromatic heterocycles. The van der Waals surface area contributed by atoms with E-state index in [2.05, 4.69) is 22.8 Å². The number of hydrogen-bond donors (Lipinski definition) is 2. The second kappa shape index (κ2) is 5.46. The third kappa shape index (κ3) is 2.58. The number of fused-ring (bicyclic) bond motifs is 2. The Morgan fingerprint density at radius 2 is 2.00 bits per heavy atom. The number of anilines is 3. The van der Waals surface area contributed by atoms with Gasteiger partial charge in [0.2, 0.25) is 0 Å². The van der Waals surface area contributed by atoms with E-state index in [0.29, 0.717) is 6.61 Å². The van der Waals surface area contributed by atoms with Gasteiger partial charge in [-0.1, -0.05) is 23.9 Å². The predicted octanol–water partition coefficient (Wildman–Crippen LogP) is 4.46. The van der Waals surface area contributed by atoms with Gasteiger partial charge in [-0.15, -0.1) is 0 Å². The van der Waals surface area contributed by atoms with Crippen LogP contribution in [0.15, 0.2) is 52.3 Å². The Bertz CT molecular complexity index is 658. The van der Waals surface area contributed by atoms with Crippen LogP contribution < -0.4 is 10.6 Å². The number of rotatable bonds is 2. The van der Waals surface area contributed by atoms with Crippen LogP contribution in [0.4, 0.5) is 21.9 Å². The topological polar surface area (TPSA) is 50.4 Å². The zero-order valence-electron chi connectivity index (χ0n) is 11.0. The fraction of sp³-hybridized carbons (Fsp3) is 0.133. The maximum Gasteiger partial charge on any atom is 0.411 e. The first-order chi connectivity index (χ1) is 9.76. The van der Waals surface area contributed by atoms with Gasteiger partial charge in [0.1, 0.15) is 0 Å². The first-order valence-corrected chi connectivity index (χ1v) is 7.19. The van der Waals surface area contributed by atoms with Crippen molar-refractivity contribution < 1.29 is 9.53 Å². The summed E-state index contributed by atoms with van der Waals surface area (Å²) in [6.07, 6.45) is -0.429. The average molecular weight is 286 g/mol. The highest BCUT2D eigenvalue weighted by atomic mass is 32.2. The number of carbonyl (C=O) groups is 1. The Labute approximate surface area is 121 Å². The normalized spacial score (nSPS) is 11.8. The summed E-state index contributed by atoms with van der Waals surface area (Å²) in [5.74, 6) is 0. The largest absolute Gasteiger partial charge is 0.450 e. The van der Waals surface area contributed by atoms with Gasteiger partial charge in [0.25, 0.3) is 0 Å². The number of amides is 1. The van der Waals surface area contributed by atoms with Crippen LogP contribution in [0.5, 0.6) is 0 Å². The molecule has 5 heteroatoms. The van der Waals surface area contributed by atoms with Crippen molar-refractivity contribution in [3.63, 3.8) is 0 Å². The molecular formula is C15H14N2O2S. The van der Waals surface area contributed by atoms with Crippen LogP contribution >= 0.6 is 11.8 Å². The van der Waals surface area contributed by atoms with Gasteiger partial charge in [-0.2, -0.15) is 0 Å². The third-order valence-electron chi connectivity index (χ3n) is 2.88. The molecule has 1 heterocycles. The van der Waals surface area contributed by atoms with E-state index in [9.17, 15) is 4.79 Å². The minimum absolute atomic E-state index is 0.362. The number of hydrogen-bond acceptors (Lipinski definition) is 4. The van der Waals surface area contributed by atoms with Gasteiger partial charge in [-0.05, 0) is 37.3 Å². The standard InChI is InChI=1S/C15H14N2O2S/c1-2-19-15(18)16-10-7-8-12-14(9-10)20-13-6-4-3-5-11(13)17-12/h3-9,17H,2H2,1H3,(H,16,18). The lowest BCUT2D eigenvalue weighted by atomic mass is 10.2. The molecule has 3 rings (SSSR count). The van der Waals surface area contributed by atoms with Gasteiger partial charge in [0.05, 0.1) is 18.0 Å². The van der Waals surface area contributed by atoms with Crippen LogP contribution in [-0.4, -0.2) is 12.7 Å². The Hall–Kier alpha value is -2.14. The summed E-state index contributed by atoms with van der Waals surface area (Å²) < 4.78 is 4.87. The van der Waals surface area contributed by atoms with Gasteiger partial charge in [-0.25, -0.2) is 4.79 Å². The zero-order valence-corrected chi connectivity index (χ0v) is 11.8. The molecular weight excluding hydrogens is 272 g/mol. The summed E-state index contributed by atoms with van der Waals surface area (Å²) in [6, 6.07) is 13.9. The molecule has 0 atom stereocenters. The summed E-state index contributed by atoms with van der Waals surface area (Å²) in [5.41, 5.74) is 2.88. The Morgan fingerprint density at radius 3 is 2.85 bits per heavy atom. The third-order valence-corrected chi connectivity index (χ3v) is 4.01. The number of nitrogens with one attached hydrogen (secondary N) is 2. The van der Waals surface area contributed by atoms with Gasteiger partial charge in [0.15, 0.2) is 0 Å². The molecule has 2 N–H and O–H groups in total. The highest BCUT2D eigenvalue weighted by molar-refractivity contribution is 7.99. The van der Waals surface area contributed by atoms with Crippen molar-refractivity contribution in [2.45, 2.75) is 16.7 Å². The minimum Gasteiger partial charge on any atom is -0.450 e. The van der Waals surface area contributed by atoms with E-state index in [1.807, 2.05) is 30.3 Å². The SMILES string of the molecule is CCOC(=O)Nc1ccc2c(c1)Sc1ccccc1N2. The molecule has 0 aliphatic carbocycles. The van der Waals surface area contributed by atoms with E-state index in [-0.39, 0.29) is 0 Å². The maximum atomic E-state index is 11.4. The number of carbonyl (C=O) groups excluding carboxylic acids is 1. The van der Waals surface area contributed by atoms with Crippen molar-refractivity contribution in [2.24, 2.45) is 0 Å². The second-order valence-electron chi connectivity index (χ2n) is 4.28. The van der Waals surface area contributed by atoms with Crippen molar-refractivity contribution in [1.29, 1.82) is 0 Å². The van der Waals surface area contributed by atoms with Crippen molar-refractivity contribution in [2.75, 3.05) is 17.2 Å². The van der Waals surface area contributed by atoms with Crippen molar-refractivity contribution in [3.05, 3.63) is 42.5 Å². The molecule has 1 aliphatic rings. The van der Waals surface area contributed by atoms with Gasteiger partial charge in [-0.3, -0.25) is 5.32 Å². The van der Waals surface area contributed by atoms with E-state index in [1.54, 1.807) is 18.7 Å². The molecule has 2 aromatic carbocycles. The van der Waals surface area contributed by atoms with Crippen molar-refractivity contribution in [1.82, 2.24) is 0 Å². The van der Waals surface area contributed by atoms with Crippen LogP contribution in [0.1, 0.15) is 6.92 Å². The first-order valence-electron chi connectivity index (χ1n) is 6.38. The molecule has 0 fully saturated rings. The summed E-state index contributed by atoms with van der Waals surface area (Å²) >= 11 is 1.68. The lowest BCUT2D eigenvalue weighted by Crippen LogP contribution is -2.13. The van der Waals surface area contributed by atoms with Gasteiger partial charge in [0, 0.05) is 15.5 Å². The summed E-state index contributed by atoms with van der Waals surface area (Å²) in [6.45, 7) is 2.14. The van der Waals surface area contributed by atoms with Crippen LogP contribution in [0, 0.1) is 0 Å². The van der Waals surface area contributed by atoms with Gasteiger partial charge < -0.3 is 10.1 Å². The Morgan fingerprint density at radius 1 is 1.20 bits per heavy atom. The highest BCUT2D eigenvalue weighted by Crippen LogP contribution is 2.44. The molecule has 0 unspecified atom stereocenters. The quantitative estimate of drug-likeness (QED) is 0.730. The smallest absolute Gasteiger partial charge is 0.411 e. The van der Waals surface area contributed by atoms with E-state index in [4.69, 9.17) is 4.74 Å². The van der Waals surface area contributed by atoms with Crippen LogP contribution in [-0.2, 0) is 4.74 Å². The molecule has 1 amide bonds.